The molecular formula is C19H27N5O3. The number of methoxy groups -OCH3 is 1. The van der Waals surface area contributed by atoms with E-state index in [1.807, 2.05) is 13.0 Å². The molecule has 1 fully saturated rings. The molecule has 3 heterocycles. The topological polar surface area (TPSA) is 93.4 Å². The van der Waals surface area contributed by atoms with E-state index in [1.54, 1.807) is 11.7 Å². The number of pyridine rings is 1. The third-order valence-electron chi connectivity index (χ3n) is 5.47. The highest BCUT2D eigenvalue weighted by atomic mass is 16.5. The van der Waals surface area contributed by atoms with Crippen molar-refractivity contribution in [3.8, 4) is 11.4 Å². The second-order valence-corrected chi connectivity index (χ2v) is 6.99. The van der Waals surface area contributed by atoms with E-state index in [2.05, 4.69) is 28.2 Å². The van der Waals surface area contributed by atoms with Gasteiger partial charge in [0.2, 0.25) is 0 Å². The highest BCUT2D eigenvalue weighted by Crippen LogP contribution is 2.32. The van der Waals surface area contributed by atoms with E-state index in [0.717, 1.165) is 37.3 Å². The van der Waals surface area contributed by atoms with Crippen LogP contribution in [0.1, 0.15) is 31.7 Å². The number of aliphatic hydroxyl groups excluding tert-OH is 1. The van der Waals surface area contributed by atoms with Gasteiger partial charge in [0.05, 0.1) is 42.4 Å². The number of esters is 1. The minimum Gasteiger partial charge on any atom is -0.469 e. The first-order valence-electron chi connectivity index (χ1n) is 9.32. The zero-order chi connectivity index (χ0) is 19.6. The lowest BCUT2D eigenvalue weighted by atomic mass is 9.93. The summed E-state index contributed by atoms with van der Waals surface area (Å²) in [6.45, 7) is 5.59. The summed E-state index contributed by atoms with van der Waals surface area (Å²) in [5.74, 6) is 0.0250. The number of carbonyl (C=O) groups excluding carboxylic acids is 1. The molecule has 3 rings (SSSR count). The van der Waals surface area contributed by atoms with Crippen molar-refractivity contribution in [1.82, 2.24) is 20.0 Å². The van der Waals surface area contributed by atoms with E-state index < -0.39 is 0 Å². The number of hydrogen-bond donors (Lipinski definition) is 1. The molecule has 0 aliphatic carbocycles. The van der Waals surface area contributed by atoms with E-state index in [0.29, 0.717) is 17.1 Å². The SMILES string of the molecule is CCc1nc(-c2nnn(C)c2CO)ccc1N1CC[C@@H]([C@@H](C)C(=O)OC)C1. The van der Waals surface area contributed by atoms with Gasteiger partial charge in [0, 0.05) is 20.1 Å². The predicted octanol–water partition coefficient (Wildman–Crippen LogP) is 1.57. The van der Waals surface area contributed by atoms with Crippen LogP contribution in [-0.4, -0.2) is 51.3 Å². The minimum absolute atomic E-state index is 0.107. The second kappa shape index (κ2) is 8.04. The predicted molar refractivity (Wildman–Crippen MR) is 101 cm³/mol. The van der Waals surface area contributed by atoms with Gasteiger partial charge in [-0.25, -0.2) is 9.67 Å². The summed E-state index contributed by atoms with van der Waals surface area (Å²) in [7, 11) is 3.19. The quantitative estimate of drug-likeness (QED) is 0.768. The maximum absolute atomic E-state index is 11.8. The van der Waals surface area contributed by atoms with Crippen LogP contribution in [0, 0.1) is 11.8 Å². The zero-order valence-corrected chi connectivity index (χ0v) is 16.3. The first-order chi connectivity index (χ1) is 13.0. The molecule has 1 aliphatic heterocycles. The Morgan fingerprint density at radius 3 is 2.89 bits per heavy atom. The average Bonchev–Trinajstić information content (AvgIpc) is 3.32. The van der Waals surface area contributed by atoms with Crippen LogP contribution in [0.25, 0.3) is 11.4 Å². The number of rotatable bonds is 6. The molecule has 146 valence electrons. The van der Waals surface area contributed by atoms with Crippen LogP contribution in [-0.2, 0) is 29.6 Å². The molecule has 8 heteroatoms. The van der Waals surface area contributed by atoms with Crippen molar-refractivity contribution in [2.24, 2.45) is 18.9 Å². The number of ether oxygens (including phenoxy) is 1. The van der Waals surface area contributed by atoms with Crippen LogP contribution >= 0.6 is 0 Å². The van der Waals surface area contributed by atoms with Crippen LogP contribution in [0.5, 0.6) is 0 Å². The number of anilines is 1. The van der Waals surface area contributed by atoms with Crippen LogP contribution < -0.4 is 4.90 Å². The lowest BCUT2D eigenvalue weighted by molar-refractivity contribution is -0.146. The first kappa shape index (κ1) is 19.3. The Kier molecular flexibility index (Phi) is 5.74. The number of hydrogen-bond acceptors (Lipinski definition) is 7. The maximum atomic E-state index is 11.8. The normalized spacial score (nSPS) is 18.0. The molecule has 0 radical (unpaired) electrons. The van der Waals surface area contributed by atoms with Gasteiger partial charge in [-0.15, -0.1) is 5.10 Å². The van der Waals surface area contributed by atoms with Crippen molar-refractivity contribution < 1.29 is 14.6 Å². The van der Waals surface area contributed by atoms with E-state index in [9.17, 15) is 9.90 Å². The van der Waals surface area contributed by atoms with Gasteiger partial charge in [0.15, 0.2) is 0 Å². The highest BCUT2D eigenvalue weighted by Gasteiger charge is 2.32. The molecule has 1 saturated heterocycles. The standard InChI is InChI=1S/C19H27N5O3/c1-5-14-16(24-9-8-13(10-24)12(2)19(26)27-4)7-6-15(20-14)18-17(11-25)23(3)22-21-18/h6-7,12-13,25H,5,8-11H2,1-4H3/t12-,13-/m1/s1. The Hall–Kier alpha value is -2.48. The lowest BCUT2D eigenvalue weighted by Gasteiger charge is -2.23. The highest BCUT2D eigenvalue weighted by molar-refractivity contribution is 5.72. The van der Waals surface area contributed by atoms with Gasteiger partial charge >= 0.3 is 5.97 Å². The van der Waals surface area contributed by atoms with Crippen LogP contribution in [0.4, 0.5) is 5.69 Å². The van der Waals surface area contributed by atoms with Gasteiger partial charge in [-0.1, -0.05) is 19.1 Å². The molecule has 0 saturated carbocycles. The van der Waals surface area contributed by atoms with Gasteiger partial charge in [-0.3, -0.25) is 4.79 Å². The molecule has 0 bridgehead atoms. The van der Waals surface area contributed by atoms with Crippen LogP contribution in [0.2, 0.25) is 0 Å². The zero-order valence-electron chi connectivity index (χ0n) is 16.3. The third-order valence-corrected chi connectivity index (χ3v) is 5.47. The molecule has 0 amide bonds. The number of aliphatic hydroxyl groups is 1. The summed E-state index contributed by atoms with van der Waals surface area (Å²) < 4.78 is 6.46. The van der Waals surface area contributed by atoms with Crippen molar-refractivity contribution in [3.05, 3.63) is 23.5 Å². The molecular weight excluding hydrogens is 346 g/mol. The van der Waals surface area contributed by atoms with Gasteiger partial charge in [-0.2, -0.15) is 0 Å². The van der Waals surface area contributed by atoms with Crippen molar-refractivity contribution >= 4 is 11.7 Å². The monoisotopic (exact) mass is 373 g/mol. The molecule has 2 aromatic heterocycles. The Morgan fingerprint density at radius 1 is 1.44 bits per heavy atom. The molecule has 0 unspecified atom stereocenters. The fourth-order valence-corrected chi connectivity index (χ4v) is 3.72. The molecule has 0 aromatic carbocycles. The fraction of sp³-hybridized carbons (Fsp3) is 0.579. The molecule has 27 heavy (non-hydrogen) atoms. The average molecular weight is 373 g/mol. The third kappa shape index (κ3) is 3.66. The van der Waals surface area contributed by atoms with Gasteiger partial charge < -0.3 is 14.7 Å². The summed E-state index contributed by atoms with van der Waals surface area (Å²) in [6, 6.07) is 3.98. The van der Waals surface area contributed by atoms with Crippen LogP contribution in [0.3, 0.4) is 0 Å². The fourth-order valence-electron chi connectivity index (χ4n) is 3.72. The summed E-state index contributed by atoms with van der Waals surface area (Å²) in [5, 5.41) is 17.7. The van der Waals surface area contributed by atoms with E-state index in [-0.39, 0.29) is 24.4 Å². The Morgan fingerprint density at radius 2 is 2.22 bits per heavy atom. The van der Waals surface area contributed by atoms with E-state index in [4.69, 9.17) is 9.72 Å². The summed E-state index contributed by atoms with van der Waals surface area (Å²) in [4.78, 5) is 18.9. The molecule has 1 N–H and O–H groups in total. The van der Waals surface area contributed by atoms with Gasteiger partial charge in [-0.05, 0) is 30.9 Å². The molecule has 2 aromatic rings. The van der Waals surface area contributed by atoms with Crippen molar-refractivity contribution in [1.29, 1.82) is 0 Å². The Balaban J connectivity index is 1.84. The lowest BCUT2D eigenvalue weighted by Crippen LogP contribution is -2.27. The van der Waals surface area contributed by atoms with Crippen molar-refractivity contribution in [2.75, 3.05) is 25.1 Å². The number of carbonyl (C=O) groups is 1. The number of aromatic nitrogens is 4. The van der Waals surface area contributed by atoms with E-state index in [1.165, 1.54) is 7.11 Å². The second-order valence-electron chi connectivity index (χ2n) is 6.99. The Labute approximate surface area is 159 Å². The van der Waals surface area contributed by atoms with Crippen molar-refractivity contribution in [2.45, 2.75) is 33.3 Å². The summed E-state index contributed by atoms with van der Waals surface area (Å²) >= 11 is 0. The number of aryl methyl sites for hydroxylation is 2. The van der Waals surface area contributed by atoms with E-state index >= 15 is 0 Å². The first-order valence-corrected chi connectivity index (χ1v) is 9.32. The Bertz CT molecular complexity index is 820. The van der Waals surface area contributed by atoms with Gasteiger partial charge in [0.1, 0.15) is 5.69 Å². The maximum Gasteiger partial charge on any atom is 0.308 e. The molecule has 2 atom stereocenters. The smallest absolute Gasteiger partial charge is 0.308 e. The van der Waals surface area contributed by atoms with Crippen LogP contribution in [0.15, 0.2) is 12.1 Å². The largest absolute Gasteiger partial charge is 0.469 e. The minimum atomic E-state index is -0.148. The van der Waals surface area contributed by atoms with Crippen molar-refractivity contribution in [3.63, 3.8) is 0 Å². The molecule has 8 nitrogen and oxygen atoms in total. The summed E-state index contributed by atoms with van der Waals surface area (Å²) in [6.07, 6.45) is 1.74. The molecule has 1 aliphatic rings. The summed E-state index contributed by atoms with van der Waals surface area (Å²) in [5.41, 5.74) is 4.04. The molecule has 0 spiro atoms. The number of nitrogens with zero attached hydrogens (tertiary/aromatic N) is 5. The van der Waals surface area contributed by atoms with Gasteiger partial charge in [0.25, 0.3) is 0 Å².